The average molecular weight is 240 g/mol. The van der Waals surface area contributed by atoms with E-state index in [0.29, 0.717) is 6.61 Å². The molecule has 1 heterocycles. The van der Waals surface area contributed by atoms with E-state index in [-0.39, 0.29) is 0 Å². The maximum absolute atomic E-state index is 5.05. The summed E-state index contributed by atoms with van der Waals surface area (Å²) in [5.74, 6) is 0.900. The molecule has 1 aliphatic rings. The zero-order chi connectivity index (χ0) is 11.2. The van der Waals surface area contributed by atoms with E-state index in [0.717, 1.165) is 29.7 Å². The second kappa shape index (κ2) is 6.33. The van der Waals surface area contributed by atoms with E-state index in [1.165, 1.54) is 25.7 Å². The molecule has 1 N–H and O–H groups in total. The smallest absolute Gasteiger partial charge is 0.119 e. The lowest BCUT2D eigenvalue weighted by molar-refractivity contribution is 0.184. The predicted octanol–water partition coefficient (Wildman–Crippen LogP) is 2.57. The summed E-state index contributed by atoms with van der Waals surface area (Å²) < 4.78 is 5.05. The highest BCUT2D eigenvalue weighted by atomic mass is 32.1. The molecule has 1 saturated carbocycles. The van der Waals surface area contributed by atoms with Crippen molar-refractivity contribution in [3.8, 4) is 0 Å². The summed E-state index contributed by atoms with van der Waals surface area (Å²) in [5, 5.41) is 6.69. The molecule has 0 bridgehead atoms. The van der Waals surface area contributed by atoms with Crippen molar-refractivity contribution in [2.24, 2.45) is 5.92 Å². The highest BCUT2D eigenvalue weighted by molar-refractivity contribution is 7.09. The second-order valence-electron chi connectivity index (χ2n) is 4.45. The minimum atomic E-state index is 0.632. The van der Waals surface area contributed by atoms with Gasteiger partial charge < -0.3 is 10.1 Å². The molecule has 0 saturated heterocycles. The van der Waals surface area contributed by atoms with Gasteiger partial charge in [0, 0.05) is 19.0 Å². The van der Waals surface area contributed by atoms with Crippen LogP contribution in [0.1, 0.15) is 36.4 Å². The average Bonchev–Trinajstić information content (AvgIpc) is 2.90. The Morgan fingerprint density at radius 3 is 3.06 bits per heavy atom. The molecule has 0 amide bonds. The van der Waals surface area contributed by atoms with Crippen molar-refractivity contribution in [2.45, 2.75) is 38.8 Å². The van der Waals surface area contributed by atoms with Crippen molar-refractivity contribution < 1.29 is 4.74 Å². The quantitative estimate of drug-likeness (QED) is 0.830. The first-order valence-corrected chi connectivity index (χ1v) is 6.89. The largest absolute Gasteiger partial charge is 0.378 e. The van der Waals surface area contributed by atoms with Gasteiger partial charge in [0.1, 0.15) is 5.01 Å². The number of nitrogens with one attached hydrogen (secondary N) is 1. The third-order valence-electron chi connectivity index (χ3n) is 3.08. The summed E-state index contributed by atoms with van der Waals surface area (Å²) in [6.45, 7) is 2.68. The van der Waals surface area contributed by atoms with Gasteiger partial charge in [-0.2, -0.15) is 0 Å². The van der Waals surface area contributed by atoms with Crippen LogP contribution in [-0.4, -0.2) is 18.6 Å². The van der Waals surface area contributed by atoms with Crippen LogP contribution in [0.3, 0.4) is 0 Å². The van der Waals surface area contributed by atoms with Crippen LogP contribution in [0, 0.1) is 5.92 Å². The minimum Gasteiger partial charge on any atom is -0.378 e. The van der Waals surface area contributed by atoms with E-state index in [1.807, 2.05) is 0 Å². The van der Waals surface area contributed by atoms with Crippen LogP contribution >= 0.6 is 11.3 Å². The van der Waals surface area contributed by atoms with Gasteiger partial charge in [-0.15, -0.1) is 11.3 Å². The van der Waals surface area contributed by atoms with Crippen LogP contribution in [0.4, 0.5) is 0 Å². The molecule has 2 rings (SSSR count). The van der Waals surface area contributed by atoms with E-state index in [4.69, 9.17) is 4.74 Å². The highest BCUT2D eigenvalue weighted by Gasteiger charge is 2.14. The van der Waals surface area contributed by atoms with Crippen molar-refractivity contribution in [2.75, 3.05) is 13.7 Å². The molecule has 1 fully saturated rings. The second-order valence-corrected chi connectivity index (χ2v) is 5.39. The molecule has 0 aromatic carbocycles. The third kappa shape index (κ3) is 3.54. The molecule has 0 spiro atoms. The SMILES string of the molecule is COCc1nc(CNCC2CCCC2)cs1. The summed E-state index contributed by atoms with van der Waals surface area (Å²) in [6.07, 6.45) is 5.64. The number of hydrogen-bond acceptors (Lipinski definition) is 4. The third-order valence-corrected chi connectivity index (χ3v) is 3.95. The van der Waals surface area contributed by atoms with Crippen LogP contribution < -0.4 is 5.32 Å². The minimum absolute atomic E-state index is 0.632. The van der Waals surface area contributed by atoms with Crippen LogP contribution in [0.25, 0.3) is 0 Å². The standard InChI is InChI=1S/C12H20N2OS/c1-15-8-12-14-11(9-16-12)7-13-6-10-4-2-3-5-10/h9-10,13H,2-8H2,1H3. The fourth-order valence-corrected chi connectivity index (χ4v) is 3.00. The lowest BCUT2D eigenvalue weighted by Crippen LogP contribution is -2.20. The normalized spacial score (nSPS) is 17.1. The summed E-state index contributed by atoms with van der Waals surface area (Å²) in [6, 6.07) is 0. The van der Waals surface area contributed by atoms with E-state index in [9.17, 15) is 0 Å². The molecule has 1 aliphatic carbocycles. The maximum atomic E-state index is 5.05. The van der Waals surface area contributed by atoms with Crippen molar-refractivity contribution in [1.29, 1.82) is 0 Å². The van der Waals surface area contributed by atoms with Crippen molar-refractivity contribution in [3.05, 3.63) is 16.1 Å². The molecule has 0 atom stereocenters. The molecular formula is C12H20N2OS. The van der Waals surface area contributed by atoms with Gasteiger partial charge in [0.2, 0.25) is 0 Å². The summed E-state index contributed by atoms with van der Waals surface area (Å²) in [7, 11) is 1.71. The first kappa shape index (κ1) is 12.0. The number of rotatable bonds is 6. The molecule has 1 aromatic rings. The van der Waals surface area contributed by atoms with Crippen molar-refractivity contribution >= 4 is 11.3 Å². The number of thiazole rings is 1. The summed E-state index contributed by atoms with van der Waals surface area (Å²) in [5.41, 5.74) is 1.15. The van der Waals surface area contributed by atoms with Crippen molar-refractivity contribution in [1.82, 2.24) is 10.3 Å². The van der Waals surface area contributed by atoms with E-state index >= 15 is 0 Å². The first-order chi connectivity index (χ1) is 7.88. The Hall–Kier alpha value is -0.450. The predicted molar refractivity (Wildman–Crippen MR) is 66.5 cm³/mol. The highest BCUT2D eigenvalue weighted by Crippen LogP contribution is 2.23. The molecule has 0 aliphatic heterocycles. The summed E-state index contributed by atoms with van der Waals surface area (Å²) >= 11 is 1.68. The van der Waals surface area contributed by atoms with Gasteiger partial charge in [-0.3, -0.25) is 0 Å². The molecule has 3 nitrogen and oxygen atoms in total. The van der Waals surface area contributed by atoms with E-state index in [2.05, 4.69) is 15.7 Å². The Labute approximate surface area is 101 Å². The molecule has 16 heavy (non-hydrogen) atoms. The lowest BCUT2D eigenvalue weighted by Gasteiger charge is -2.08. The topological polar surface area (TPSA) is 34.1 Å². The molecule has 1 aromatic heterocycles. The molecule has 0 unspecified atom stereocenters. The molecule has 90 valence electrons. The zero-order valence-corrected chi connectivity index (χ0v) is 10.7. The maximum Gasteiger partial charge on any atom is 0.119 e. The Morgan fingerprint density at radius 2 is 2.31 bits per heavy atom. The fraction of sp³-hybridized carbons (Fsp3) is 0.750. The number of aromatic nitrogens is 1. The fourth-order valence-electron chi connectivity index (χ4n) is 2.24. The van der Waals surface area contributed by atoms with Gasteiger partial charge in [-0.25, -0.2) is 4.98 Å². The van der Waals surface area contributed by atoms with Crippen molar-refractivity contribution in [3.63, 3.8) is 0 Å². The van der Waals surface area contributed by atoms with Gasteiger partial charge >= 0.3 is 0 Å². The Bertz CT molecular complexity index is 308. The molecule has 4 heteroatoms. The number of ether oxygens (including phenoxy) is 1. The van der Waals surface area contributed by atoms with Gasteiger partial charge in [0.15, 0.2) is 0 Å². The Balaban J connectivity index is 1.67. The van der Waals surface area contributed by atoms with Gasteiger partial charge in [0.25, 0.3) is 0 Å². The number of hydrogen-bond donors (Lipinski definition) is 1. The van der Waals surface area contributed by atoms with E-state index < -0.39 is 0 Å². The number of nitrogens with zero attached hydrogens (tertiary/aromatic N) is 1. The monoisotopic (exact) mass is 240 g/mol. The van der Waals surface area contributed by atoms with Crippen LogP contribution in [0.15, 0.2) is 5.38 Å². The van der Waals surface area contributed by atoms with Crippen LogP contribution in [0.5, 0.6) is 0 Å². The zero-order valence-electron chi connectivity index (χ0n) is 9.87. The van der Waals surface area contributed by atoms with Gasteiger partial charge in [0.05, 0.1) is 12.3 Å². The van der Waals surface area contributed by atoms with Gasteiger partial charge in [-0.05, 0) is 25.3 Å². The Kier molecular flexibility index (Phi) is 4.75. The van der Waals surface area contributed by atoms with Gasteiger partial charge in [-0.1, -0.05) is 12.8 Å². The lowest BCUT2D eigenvalue weighted by atomic mass is 10.1. The molecule has 0 radical (unpaired) electrons. The van der Waals surface area contributed by atoms with Crippen LogP contribution in [-0.2, 0) is 17.9 Å². The van der Waals surface area contributed by atoms with Crippen LogP contribution in [0.2, 0.25) is 0 Å². The Morgan fingerprint density at radius 1 is 1.50 bits per heavy atom. The summed E-state index contributed by atoms with van der Waals surface area (Å²) in [4.78, 5) is 4.50. The molecular weight excluding hydrogens is 220 g/mol. The number of methoxy groups -OCH3 is 1. The van der Waals surface area contributed by atoms with E-state index in [1.54, 1.807) is 18.4 Å². The first-order valence-electron chi connectivity index (χ1n) is 6.01.